The van der Waals surface area contributed by atoms with Gasteiger partial charge in [-0.2, -0.15) is 0 Å². The number of ketones is 1. The number of Topliss-reactive ketones (excluding diaryl/α,β-unsaturated/α-hetero) is 1. The SMILES string of the molecule is CC(=O)[C@@H](O)CC(=O)O[C@@H](C)C(=O)OC1=CC[C@@]2(O)[C@H]3Cc4ccc(O)c5c4[C@@]2(CCN3C)[C@H]1O5. The van der Waals surface area contributed by atoms with E-state index in [-0.39, 0.29) is 24.0 Å². The molecule has 0 amide bonds. The highest BCUT2D eigenvalue weighted by atomic mass is 16.6. The third kappa shape index (κ3) is 3.30. The zero-order valence-corrected chi connectivity index (χ0v) is 19.8. The smallest absolute Gasteiger partial charge is 0.352 e. The number of carbonyl (C=O) groups excluding carboxylic acids is 3. The molecule has 0 aromatic heterocycles. The van der Waals surface area contributed by atoms with Crippen molar-refractivity contribution in [3.8, 4) is 11.5 Å². The molecule has 2 aliphatic carbocycles. The predicted molar refractivity (Wildman–Crippen MR) is 120 cm³/mol. The number of esters is 2. The number of aliphatic hydroxyl groups is 2. The van der Waals surface area contributed by atoms with Crippen LogP contribution in [0.15, 0.2) is 24.0 Å². The van der Waals surface area contributed by atoms with Crippen molar-refractivity contribution in [3.63, 3.8) is 0 Å². The molecular weight excluding hydrogens is 458 g/mol. The molecule has 1 aromatic carbocycles. The molecule has 188 valence electrons. The second kappa shape index (κ2) is 8.04. The Morgan fingerprint density at radius 2 is 2.06 bits per heavy atom. The fourth-order valence-electron chi connectivity index (χ4n) is 6.23. The van der Waals surface area contributed by atoms with Crippen LogP contribution in [-0.4, -0.2) is 81.5 Å². The Kier molecular flexibility index (Phi) is 5.46. The molecule has 0 saturated carbocycles. The number of nitrogens with zero attached hydrogens (tertiary/aromatic N) is 1. The van der Waals surface area contributed by atoms with E-state index in [2.05, 4.69) is 4.90 Å². The molecule has 1 spiro atoms. The average Bonchev–Trinajstić information content (AvgIpc) is 3.15. The lowest BCUT2D eigenvalue weighted by Crippen LogP contribution is -2.74. The Bertz CT molecular complexity index is 1150. The summed E-state index contributed by atoms with van der Waals surface area (Å²) in [5.41, 5.74) is -0.330. The van der Waals surface area contributed by atoms with Gasteiger partial charge >= 0.3 is 11.9 Å². The Labute approximate surface area is 202 Å². The second-order valence-electron chi connectivity index (χ2n) is 9.99. The molecule has 2 aliphatic heterocycles. The summed E-state index contributed by atoms with van der Waals surface area (Å²) in [5, 5.41) is 32.2. The van der Waals surface area contributed by atoms with Gasteiger partial charge in [0.15, 0.2) is 29.5 Å². The number of aromatic hydroxyl groups is 1. The number of hydrogen-bond donors (Lipinski definition) is 3. The molecule has 1 aromatic rings. The van der Waals surface area contributed by atoms with Crippen molar-refractivity contribution < 1.29 is 43.9 Å². The summed E-state index contributed by atoms with van der Waals surface area (Å²) in [4.78, 5) is 38.1. The van der Waals surface area contributed by atoms with Gasteiger partial charge in [-0.1, -0.05) is 6.07 Å². The lowest BCUT2D eigenvalue weighted by Gasteiger charge is -2.61. The van der Waals surface area contributed by atoms with Crippen LogP contribution in [0, 0.1) is 0 Å². The number of carbonyl (C=O) groups is 3. The minimum Gasteiger partial charge on any atom is -0.504 e. The fraction of sp³-hybridized carbons (Fsp3) is 0.560. The maximum absolute atomic E-state index is 12.8. The number of ether oxygens (including phenoxy) is 3. The van der Waals surface area contributed by atoms with E-state index in [1.54, 1.807) is 12.1 Å². The van der Waals surface area contributed by atoms with E-state index in [1.165, 1.54) is 6.92 Å². The molecule has 10 nitrogen and oxygen atoms in total. The monoisotopic (exact) mass is 487 g/mol. The van der Waals surface area contributed by atoms with E-state index in [1.807, 2.05) is 13.1 Å². The highest BCUT2D eigenvalue weighted by Crippen LogP contribution is 2.65. The van der Waals surface area contributed by atoms with Crippen LogP contribution >= 0.6 is 0 Å². The van der Waals surface area contributed by atoms with Crippen LogP contribution < -0.4 is 4.74 Å². The van der Waals surface area contributed by atoms with Crippen molar-refractivity contribution >= 4 is 17.7 Å². The van der Waals surface area contributed by atoms with Gasteiger partial charge in [0.1, 0.15) is 11.9 Å². The molecule has 4 aliphatic rings. The quantitative estimate of drug-likeness (QED) is 0.485. The number of rotatable bonds is 6. The maximum atomic E-state index is 12.8. The van der Waals surface area contributed by atoms with Crippen LogP contribution in [0.3, 0.4) is 0 Å². The lowest BCUT2D eigenvalue weighted by molar-refractivity contribution is -0.176. The van der Waals surface area contributed by atoms with Gasteiger partial charge in [-0.15, -0.1) is 0 Å². The van der Waals surface area contributed by atoms with E-state index < -0.39 is 53.5 Å². The third-order valence-corrected chi connectivity index (χ3v) is 8.04. The maximum Gasteiger partial charge on any atom is 0.352 e. The first-order valence-corrected chi connectivity index (χ1v) is 11.7. The number of likely N-dealkylation sites (tertiary alicyclic amines) is 1. The van der Waals surface area contributed by atoms with Gasteiger partial charge in [0.25, 0.3) is 0 Å². The average molecular weight is 488 g/mol. The van der Waals surface area contributed by atoms with Gasteiger partial charge in [-0.05, 0) is 58.0 Å². The number of likely N-dealkylation sites (N-methyl/N-ethyl adjacent to an activating group) is 1. The highest BCUT2D eigenvalue weighted by Gasteiger charge is 2.72. The van der Waals surface area contributed by atoms with Crippen LogP contribution in [0.4, 0.5) is 0 Å². The summed E-state index contributed by atoms with van der Waals surface area (Å²) < 4.78 is 16.9. The molecule has 3 N–H and O–H groups in total. The van der Waals surface area contributed by atoms with E-state index in [9.17, 15) is 29.7 Å². The predicted octanol–water partition coefficient (Wildman–Crippen LogP) is 0.485. The highest BCUT2D eigenvalue weighted by molar-refractivity contribution is 5.86. The van der Waals surface area contributed by atoms with Gasteiger partial charge in [0.05, 0.1) is 17.4 Å². The number of phenolic OH excluding ortho intramolecular Hbond substituents is 1. The van der Waals surface area contributed by atoms with E-state index >= 15 is 0 Å². The number of piperidine rings is 1. The van der Waals surface area contributed by atoms with Crippen molar-refractivity contribution in [2.75, 3.05) is 13.6 Å². The number of benzene rings is 1. The van der Waals surface area contributed by atoms with E-state index in [0.29, 0.717) is 25.1 Å². The van der Waals surface area contributed by atoms with Crippen molar-refractivity contribution in [1.82, 2.24) is 4.90 Å². The lowest BCUT2D eigenvalue weighted by atomic mass is 9.50. The van der Waals surface area contributed by atoms with E-state index in [0.717, 1.165) is 18.1 Å². The molecule has 6 atom stereocenters. The van der Waals surface area contributed by atoms with Crippen molar-refractivity contribution in [2.45, 2.75) is 74.9 Å². The molecule has 10 heteroatoms. The third-order valence-electron chi connectivity index (χ3n) is 8.04. The summed E-state index contributed by atoms with van der Waals surface area (Å²) in [5.74, 6) is -1.89. The van der Waals surface area contributed by atoms with Gasteiger partial charge in [0.2, 0.25) is 0 Å². The number of hydrogen-bond acceptors (Lipinski definition) is 10. The van der Waals surface area contributed by atoms with Gasteiger partial charge < -0.3 is 34.4 Å². The Balaban J connectivity index is 1.42. The van der Waals surface area contributed by atoms with Crippen molar-refractivity contribution in [2.24, 2.45) is 0 Å². The molecule has 2 heterocycles. The summed E-state index contributed by atoms with van der Waals surface area (Å²) in [6.07, 6.45) is -1.21. The summed E-state index contributed by atoms with van der Waals surface area (Å²) >= 11 is 0. The second-order valence-corrected chi connectivity index (χ2v) is 9.99. The van der Waals surface area contributed by atoms with Crippen LogP contribution in [0.1, 0.15) is 44.2 Å². The molecular formula is C25H29NO9. The molecule has 5 rings (SSSR count). The zero-order chi connectivity index (χ0) is 25.3. The van der Waals surface area contributed by atoms with Crippen LogP contribution in [0.2, 0.25) is 0 Å². The first-order valence-electron chi connectivity index (χ1n) is 11.7. The summed E-state index contributed by atoms with van der Waals surface area (Å²) in [6.45, 7) is 3.17. The number of aliphatic hydroxyl groups excluding tert-OH is 1. The van der Waals surface area contributed by atoms with Crippen LogP contribution in [-0.2, 0) is 35.7 Å². The minimum atomic E-state index is -1.50. The van der Waals surface area contributed by atoms with Gasteiger partial charge in [-0.3, -0.25) is 9.59 Å². The molecule has 1 saturated heterocycles. The Morgan fingerprint density at radius 3 is 2.77 bits per heavy atom. The first-order chi connectivity index (χ1) is 16.5. The molecule has 0 unspecified atom stereocenters. The van der Waals surface area contributed by atoms with Gasteiger partial charge in [-0.25, -0.2) is 4.79 Å². The largest absolute Gasteiger partial charge is 0.504 e. The summed E-state index contributed by atoms with van der Waals surface area (Å²) in [6, 6.07) is 3.26. The van der Waals surface area contributed by atoms with Crippen molar-refractivity contribution in [3.05, 3.63) is 35.1 Å². The molecule has 35 heavy (non-hydrogen) atoms. The normalized spacial score (nSPS) is 32.0. The topological polar surface area (TPSA) is 143 Å². The van der Waals surface area contributed by atoms with Crippen LogP contribution in [0.5, 0.6) is 11.5 Å². The Morgan fingerprint density at radius 1 is 1.31 bits per heavy atom. The van der Waals surface area contributed by atoms with Crippen molar-refractivity contribution in [1.29, 1.82) is 0 Å². The standard InChI is InChI=1S/C25H29NO9/c1-12(27)16(29)11-19(30)33-13(2)23(31)34-17-6-7-25(32)18-10-14-4-5-15(28)21-20(14)24(25,22(17)35-21)8-9-26(18)3/h4-6,13,16,18,22,28-29,32H,7-11H2,1-3H3/t13-,16-,18+,22-,24-,25+/m0/s1. The Hall–Kier alpha value is -2.95. The first kappa shape index (κ1) is 23.8. The number of phenols is 1. The fourth-order valence-corrected chi connectivity index (χ4v) is 6.23. The van der Waals surface area contributed by atoms with Gasteiger partial charge in [0, 0.05) is 18.0 Å². The van der Waals surface area contributed by atoms with E-state index in [4.69, 9.17) is 14.2 Å². The minimum absolute atomic E-state index is 0.0377. The van der Waals surface area contributed by atoms with Crippen LogP contribution in [0.25, 0.3) is 0 Å². The zero-order valence-electron chi connectivity index (χ0n) is 19.8. The molecule has 2 bridgehead atoms. The molecule has 0 radical (unpaired) electrons. The molecule has 1 fully saturated rings. The summed E-state index contributed by atoms with van der Waals surface area (Å²) in [7, 11) is 1.98.